The van der Waals surface area contributed by atoms with Crippen molar-refractivity contribution in [1.82, 2.24) is 9.66 Å². The average molecular weight is 544 g/mol. The van der Waals surface area contributed by atoms with Gasteiger partial charge < -0.3 is 9.15 Å². The summed E-state index contributed by atoms with van der Waals surface area (Å²) in [5, 5.41) is 25.6. The van der Waals surface area contributed by atoms with Crippen LogP contribution < -0.4 is 10.3 Å². The summed E-state index contributed by atoms with van der Waals surface area (Å²) < 4.78 is 13.0. The van der Waals surface area contributed by atoms with Crippen molar-refractivity contribution in [2.45, 2.75) is 0 Å². The molecule has 0 atom stereocenters. The Balaban J connectivity index is 1.65. The lowest BCUT2D eigenvalue weighted by molar-refractivity contribution is -0.385. The van der Waals surface area contributed by atoms with Gasteiger partial charge in [-0.25, -0.2) is 4.98 Å². The van der Waals surface area contributed by atoms with Crippen LogP contribution in [0.15, 0.2) is 85.5 Å². The molecule has 0 aliphatic carbocycles. The first-order valence-electron chi connectivity index (χ1n) is 10.5. The fourth-order valence-electron chi connectivity index (χ4n) is 3.63. The summed E-state index contributed by atoms with van der Waals surface area (Å²) in [6.45, 7) is -0.330. The number of hydrogen-bond donors (Lipinski definition) is 0. The number of hydrogen-bond acceptors (Lipinski definition) is 8. The van der Waals surface area contributed by atoms with Crippen LogP contribution in [-0.4, -0.2) is 27.4 Å². The van der Waals surface area contributed by atoms with E-state index in [0.29, 0.717) is 27.8 Å². The smallest absolute Gasteiger partial charge is 0.311 e. The summed E-state index contributed by atoms with van der Waals surface area (Å²) in [4.78, 5) is 28.8. The number of fused-ring (bicyclic) bond motifs is 2. The topological polar surface area (TPSA) is 137 Å². The lowest BCUT2D eigenvalue weighted by Gasteiger charge is -2.07. The second-order valence-corrected chi connectivity index (χ2v) is 8.45. The van der Waals surface area contributed by atoms with Gasteiger partial charge in [0, 0.05) is 21.5 Å². The third-order valence-corrected chi connectivity index (χ3v) is 5.74. The molecule has 2 heterocycles. The molecule has 0 saturated heterocycles. The number of nitriles is 1. The number of halogens is 1. The predicted molar refractivity (Wildman–Crippen MR) is 136 cm³/mol. The summed E-state index contributed by atoms with van der Waals surface area (Å²) >= 11 is 3.43. The number of nitro groups is 1. The van der Waals surface area contributed by atoms with Gasteiger partial charge in [0.1, 0.15) is 11.7 Å². The van der Waals surface area contributed by atoms with E-state index < -0.39 is 10.5 Å². The van der Waals surface area contributed by atoms with Crippen molar-refractivity contribution in [3.8, 4) is 23.4 Å². The van der Waals surface area contributed by atoms with Gasteiger partial charge in [-0.1, -0.05) is 28.1 Å². The highest BCUT2D eigenvalue weighted by Gasteiger charge is 2.18. The molecule has 0 saturated carbocycles. The van der Waals surface area contributed by atoms with Crippen LogP contribution in [0.2, 0.25) is 0 Å². The van der Waals surface area contributed by atoms with Crippen LogP contribution in [0.3, 0.4) is 0 Å². The minimum Gasteiger partial charge on any atom is -0.472 e. The molecule has 36 heavy (non-hydrogen) atoms. The lowest BCUT2D eigenvalue weighted by atomic mass is 10.2. The zero-order valence-corrected chi connectivity index (χ0v) is 19.9. The van der Waals surface area contributed by atoms with Gasteiger partial charge in [0.05, 0.1) is 22.0 Å². The van der Waals surface area contributed by atoms with E-state index in [2.05, 4.69) is 26.0 Å². The molecule has 10 nitrogen and oxygen atoms in total. The first-order valence-corrected chi connectivity index (χ1v) is 11.3. The van der Waals surface area contributed by atoms with Crippen LogP contribution in [0.4, 0.5) is 5.69 Å². The van der Waals surface area contributed by atoms with Gasteiger partial charge in [-0.05, 0) is 48.5 Å². The van der Waals surface area contributed by atoms with Gasteiger partial charge in [-0.15, -0.1) is 0 Å². The van der Waals surface area contributed by atoms with Crippen molar-refractivity contribution < 1.29 is 14.1 Å². The van der Waals surface area contributed by atoms with Crippen molar-refractivity contribution in [2.24, 2.45) is 5.10 Å². The van der Waals surface area contributed by atoms with Gasteiger partial charge in [0.15, 0.2) is 18.1 Å². The summed E-state index contributed by atoms with van der Waals surface area (Å²) in [7, 11) is 0. The van der Waals surface area contributed by atoms with Gasteiger partial charge in [-0.3, -0.25) is 14.9 Å². The van der Waals surface area contributed by atoms with E-state index in [-0.39, 0.29) is 23.9 Å². The van der Waals surface area contributed by atoms with Crippen LogP contribution >= 0.6 is 15.9 Å². The van der Waals surface area contributed by atoms with E-state index in [1.807, 2.05) is 12.1 Å². The molecule has 5 aromatic rings. The first-order chi connectivity index (χ1) is 17.4. The van der Waals surface area contributed by atoms with E-state index >= 15 is 0 Å². The minimum absolute atomic E-state index is 0.0441. The van der Waals surface area contributed by atoms with E-state index in [0.717, 1.165) is 14.5 Å². The van der Waals surface area contributed by atoms with Crippen LogP contribution in [0.25, 0.3) is 33.5 Å². The van der Waals surface area contributed by atoms with E-state index in [4.69, 9.17) is 14.4 Å². The Morgan fingerprint density at radius 2 is 2.03 bits per heavy atom. The van der Waals surface area contributed by atoms with Gasteiger partial charge in [0.2, 0.25) is 5.82 Å². The molecule has 0 spiro atoms. The van der Waals surface area contributed by atoms with Crippen molar-refractivity contribution >= 4 is 49.7 Å². The molecule has 0 radical (unpaired) electrons. The minimum atomic E-state index is -0.619. The molecule has 11 heteroatoms. The van der Waals surface area contributed by atoms with Gasteiger partial charge in [0.25, 0.3) is 5.56 Å². The van der Waals surface area contributed by atoms with E-state index in [1.165, 1.54) is 24.4 Å². The Bertz CT molecular complexity index is 1780. The Hall–Kier alpha value is -4.82. The molecule has 0 aliphatic rings. The molecule has 176 valence electrons. The Morgan fingerprint density at radius 3 is 2.83 bits per heavy atom. The second-order valence-electron chi connectivity index (χ2n) is 7.54. The van der Waals surface area contributed by atoms with E-state index in [9.17, 15) is 14.9 Å². The zero-order valence-electron chi connectivity index (χ0n) is 18.3. The first kappa shape index (κ1) is 22.9. The maximum absolute atomic E-state index is 13.4. The monoisotopic (exact) mass is 543 g/mol. The summed E-state index contributed by atoms with van der Waals surface area (Å²) in [5.41, 5.74) is 0.652. The van der Waals surface area contributed by atoms with Crippen LogP contribution in [0.5, 0.6) is 5.75 Å². The SMILES string of the molecule is N#CCOc1ccc(C=Nn2c(-c3cc4cc(Br)ccc4o3)nc3ccccc3c2=O)cc1[N+](=O)[O-]. The summed E-state index contributed by atoms with van der Waals surface area (Å²) in [6.07, 6.45) is 1.31. The Morgan fingerprint density at radius 1 is 1.19 bits per heavy atom. The van der Waals surface area contributed by atoms with Crippen LogP contribution in [0.1, 0.15) is 5.56 Å². The molecule has 3 aromatic carbocycles. The largest absolute Gasteiger partial charge is 0.472 e. The zero-order chi connectivity index (χ0) is 25.2. The quantitative estimate of drug-likeness (QED) is 0.161. The maximum Gasteiger partial charge on any atom is 0.311 e. The lowest BCUT2D eigenvalue weighted by Crippen LogP contribution is -2.20. The molecule has 0 N–H and O–H groups in total. The number of nitrogens with zero attached hydrogens (tertiary/aromatic N) is 5. The van der Waals surface area contributed by atoms with Gasteiger partial charge in [-0.2, -0.15) is 15.0 Å². The third kappa shape index (κ3) is 4.33. The average Bonchev–Trinajstić information content (AvgIpc) is 3.30. The maximum atomic E-state index is 13.4. The Labute approximate surface area is 211 Å². The summed E-state index contributed by atoms with van der Waals surface area (Å²) in [6, 6.07) is 20.0. The number of nitro benzene ring substituents is 1. The molecule has 5 rings (SSSR count). The Kier molecular flexibility index (Phi) is 6.02. The standard InChI is InChI=1S/C25H14BrN5O5/c26-17-6-8-21-16(12-17)13-23(36-21)24-29-19-4-2-1-3-18(19)25(32)30(24)28-14-15-5-7-22(35-10-9-27)20(11-15)31(33)34/h1-8,11-14H,10H2. The van der Waals surface area contributed by atoms with Crippen molar-refractivity contribution in [3.05, 3.63) is 97.2 Å². The number of furan rings is 1. The van der Waals surface area contributed by atoms with E-state index in [1.54, 1.807) is 42.5 Å². The fraction of sp³-hybridized carbons (Fsp3) is 0.0400. The van der Waals surface area contributed by atoms with Gasteiger partial charge >= 0.3 is 5.69 Å². The molecule has 0 unspecified atom stereocenters. The van der Waals surface area contributed by atoms with Crippen LogP contribution in [0, 0.1) is 21.4 Å². The number of para-hydroxylation sites is 1. The summed E-state index contributed by atoms with van der Waals surface area (Å²) in [5.74, 6) is 0.456. The number of aromatic nitrogens is 2. The molecule has 0 amide bonds. The third-order valence-electron chi connectivity index (χ3n) is 5.25. The highest BCUT2D eigenvalue weighted by atomic mass is 79.9. The molecule has 0 fully saturated rings. The van der Waals surface area contributed by atoms with Crippen molar-refractivity contribution in [1.29, 1.82) is 5.26 Å². The number of rotatable bonds is 6. The fourth-order valence-corrected chi connectivity index (χ4v) is 4.01. The highest BCUT2D eigenvalue weighted by molar-refractivity contribution is 9.10. The molecule has 2 aromatic heterocycles. The molecular formula is C25H14BrN5O5. The molecular weight excluding hydrogens is 530 g/mol. The predicted octanol–water partition coefficient (Wildman–Crippen LogP) is 5.26. The number of benzene rings is 3. The van der Waals surface area contributed by atoms with Crippen molar-refractivity contribution in [3.63, 3.8) is 0 Å². The number of ether oxygens (including phenoxy) is 1. The molecule has 0 bridgehead atoms. The van der Waals surface area contributed by atoms with Crippen LogP contribution in [-0.2, 0) is 0 Å². The highest BCUT2D eigenvalue weighted by Crippen LogP contribution is 2.30. The molecule has 0 aliphatic heterocycles. The second kappa shape index (κ2) is 9.44. The van der Waals surface area contributed by atoms with Crippen molar-refractivity contribution in [2.75, 3.05) is 6.61 Å². The normalized spacial score (nSPS) is 11.2.